The standard InChI is InChI=1S/C22H27NO6/c1-4-11-27-19-10-9-17(14-20(19)28-12-5-2)23-22(25)16-7-6-8-18(13-16)29-15-21(24)26-3/h6-10,13-14H,4-5,11-12,15H2,1-3H3,(H,23,25). The Morgan fingerprint density at radius 2 is 1.62 bits per heavy atom. The molecule has 7 nitrogen and oxygen atoms in total. The number of ether oxygens (including phenoxy) is 4. The number of anilines is 1. The molecule has 2 aromatic rings. The Morgan fingerprint density at radius 1 is 0.897 bits per heavy atom. The smallest absolute Gasteiger partial charge is 0.343 e. The van der Waals surface area contributed by atoms with Crippen molar-refractivity contribution in [3.8, 4) is 17.2 Å². The number of rotatable bonds is 11. The number of hydrogen-bond acceptors (Lipinski definition) is 6. The largest absolute Gasteiger partial charge is 0.490 e. The number of amides is 1. The molecular formula is C22H27NO6. The van der Waals surface area contributed by atoms with Crippen molar-refractivity contribution in [1.29, 1.82) is 0 Å². The molecule has 1 amide bonds. The van der Waals surface area contributed by atoms with Gasteiger partial charge in [0.1, 0.15) is 5.75 Å². The summed E-state index contributed by atoms with van der Waals surface area (Å²) in [6, 6.07) is 11.9. The van der Waals surface area contributed by atoms with Crippen LogP contribution in [0.15, 0.2) is 42.5 Å². The second-order valence-electron chi connectivity index (χ2n) is 6.21. The average molecular weight is 401 g/mol. The fourth-order valence-electron chi connectivity index (χ4n) is 2.37. The zero-order valence-corrected chi connectivity index (χ0v) is 17.0. The molecule has 2 aromatic carbocycles. The molecule has 7 heteroatoms. The predicted molar refractivity (Wildman–Crippen MR) is 110 cm³/mol. The van der Waals surface area contributed by atoms with Crippen LogP contribution < -0.4 is 19.5 Å². The zero-order chi connectivity index (χ0) is 21.1. The third kappa shape index (κ3) is 7.03. The van der Waals surface area contributed by atoms with Crippen LogP contribution in [0.4, 0.5) is 5.69 Å². The lowest BCUT2D eigenvalue weighted by atomic mass is 10.2. The first-order valence-corrected chi connectivity index (χ1v) is 9.58. The maximum atomic E-state index is 12.6. The number of carbonyl (C=O) groups is 2. The maximum Gasteiger partial charge on any atom is 0.343 e. The fraction of sp³-hybridized carbons (Fsp3) is 0.364. The lowest BCUT2D eigenvalue weighted by Crippen LogP contribution is -2.14. The van der Waals surface area contributed by atoms with E-state index in [0.29, 0.717) is 41.7 Å². The summed E-state index contributed by atoms with van der Waals surface area (Å²) in [6.45, 7) is 4.97. The number of methoxy groups -OCH3 is 1. The summed E-state index contributed by atoms with van der Waals surface area (Å²) in [6.07, 6.45) is 1.75. The van der Waals surface area contributed by atoms with Gasteiger partial charge in [-0.15, -0.1) is 0 Å². The molecule has 0 aliphatic carbocycles. The third-order valence-corrected chi connectivity index (χ3v) is 3.81. The molecule has 0 heterocycles. The molecular weight excluding hydrogens is 374 g/mol. The quantitative estimate of drug-likeness (QED) is 0.572. The highest BCUT2D eigenvalue weighted by molar-refractivity contribution is 6.04. The van der Waals surface area contributed by atoms with Gasteiger partial charge in [-0.2, -0.15) is 0 Å². The Labute approximate surface area is 170 Å². The molecule has 0 unspecified atom stereocenters. The highest BCUT2D eigenvalue weighted by Gasteiger charge is 2.12. The summed E-state index contributed by atoms with van der Waals surface area (Å²) in [5.41, 5.74) is 0.987. The minimum atomic E-state index is -0.496. The van der Waals surface area contributed by atoms with E-state index in [-0.39, 0.29) is 12.5 Å². The first-order valence-electron chi connectivity index (χ1n) is 9.58. The van der Waals surface area contributed by atoms with Crippen LogP contribution >= 0.6 is 0 Å². The Kier molecular flexibility index (Phi) is 8.82. The van der Waals surface area contributed by atoms with E-state index in [9.17, 15) is 9.59 Å². The summed E-state index contributed by atoms with van der Waals surface area (Å²) in [5.74, 6) is 0.838. The van der Waals surface area contributed by atoms with E-state index < -0.39 is 5.97 Å². The zero-order valence-electron chi connectivity index (χ0n) is 17.0. The lowest BCUT2D eigenvalue weighted by Gasteiger charge is -2.14. The number of carbonyl (C=O) groups excluding carboxylic acids is 2. The normalized spacial score (nSPS) is 10.2. The van der Waals surface area contributed by atoms with E-state index >= 15 is 0 Å². The van der Waals surface area contributed by atoms with Gasteiger partial charge in [-0.1, -0.05) is 19.9 Å². The van der Waals surface area contributed by atoms with Gasteiger partial charge in [-0.3, -0.25) is 4.79 Å². The molecule has 0 aromatic heterocycles. The van der Waals surface area contributed by atoms with Crippen LogP contribution in [0.3, 0.4) is 0 Å². The monoisotopic (exact) mass is 401 g/mol. The SMILES string of the molecule is CCCOc1ccc(NC(=O)c2cccc(OCC(=O)OC)c2)cc1OCCC. The van der Waals surface area contributed by atoms with Crippen LogP contribution in [0, 0.1) is 0 Å². The summed E-state index contributed by atoms with van der Waals surface area (Å²) in [7, 11) is 1.28. The van der Waals surface area contributed by atoms with Crippen LogP contribution in [0.2, 0.25) is 0 Å². The van der Waals surface area contributed by atoms with E-state index in [4.69, 9.17) is 14.2 Å². The molecule has 0 atom stereocenters. The molecule has 0 aliphatic heterocycles. The Bertz CT molecular complexity index is 821. The molecule has 0 spiro atoms. The van der Waals surface area contributed by atoms with Crippen LogP contribution in [0.25, 0.3) is 0 Å². The van der Waals surface area contributed by atoms with Gasteiger partial charge in [0, 0.05) is 17.3 Å². The van der Waals surface area contributed by atoms with Crippen LogP contribution in [-0.4, -0.2) is 38.8 Å². The van der Waals surface area contributed by atoms with Crippen molar-refractivity contribution in [3.05, 3.63) is 48.0 Å². The number of esters is 1. The molecule has 0 radical (unpaired) electrons. The highest BCUT2D eigenvalue weighted by Crippen LogP contribution is 2.31. The molecule has 0 fully saturated rings. The second kappa shape index (κ2) is 11.6. The van der Waals surface area contributed by atoms with Crippen molar-refractivity contribution in [3.63, 3.8) is 0 Å². The van der Waals surface area contributed by atoms with Crippen molar-refractivity contribution in [2.24, 2.45) is 0 Å². The topological polar surface area (TPSA) is 83.1 Å². The molecule has 0 saturated carbocycles. The van der Waals surface area contributed by atoms with E-state index in [1.165, 1.54) is 7.11 Å². The number of benzene rings is 2. The lowest BCUT2D eigenvalue weighted by molar-refractivity contribution is -0.142. The maximum absolute atomic E-state index is 12.6. The minimum Gasteiger partial charge on any atom is -0.490 e. The minimum absolute atomic E-state index is 0.223. The summed E-state index contributed by atoms with van der Waals surface area (Å²) < 4.78 is 21.3. The molecule has 1 N–H and O–H groups in total. The first-order chi connectivity index (χ1) is 14.1. The predicted octanol–water partition coefficient (Wildman–Crippen LogP) is 4.07. The van der Waals surface area contributed by atoms with Gasteiger partial charge in [0.2, 0.25) is 0 Å². The van der Waals surface area contributed by atoms with Gasteiger partial charge in [-0.05, 0) is 43.2 Å². The van der Waals surface area contributed by atoms with Gasteiger partial charge in [0.05, 0.1) is 20.3 Å². The summed E-state index contributed by atoms with van der Waals surface area (Å²) in [5, 5.41) is 2.84. The summed E-state index contributed by atoms with van der Waals surface area (Å²) in [4.78, 5) is 23.8. The van der Waals surface area contributed by atoms with E-state index in [1.54, 1.807) is 42.5 Å². The van der Waals surface area contributed by atoms with Gasteiger partial charge < -0.3 is 24.3 Å². The van der Waals surface area contributed by atoms with Gasteiger partial charge in [-0.25, -0.2) is 4.79 Å². The second-order valence-corrected chi connectivity index (χ2v) is 6.21. The van der Waals surface area contributed by atoms with Gasteiger partial charge in [0.25, 0.3) is 5.91 Å². The van der Waals surface area contributed by atoms with Gasteiger partial charge in [0.15, 0.2) is 18.1 Å². The Balaban J connectivity index is 2.10. The highest BCUT2D eigenvalue weighted by atomic mass is 16.6. The summed E-state index contributed by atoms with van der Waals surface area (Å²) >= 11 is 0. The number of nitrogens with one attached hydrogen (secondary N) is 1. The van der Waals surface area contributed by atoms with Crippen molar-refractivity contribution in [2.45, 2.75) is 26.7 Å². The molecule has 0 aliphatic rings. The van der Waals surface area contributed by atoms with Crippen molar-refractivity contribution >= 4 is 17.6 Å². The Hall–Kier alpha value is -3.22. The van der Waals surface area contributed by atoms with E-state index in [0.717, 1.165) is 12.8 Å². The van der Waals surface area contributed by atoms with Crippen molar-refractivity contribution in [2.75, 3.05) is 32.2 Å². The molecule has 29 heavy (non-hydrogen) atoms. The molecule has 2 rings (SSSR count). The fourth-order valence-corrected chi connectivity index (χ4v) is 2.37. The Morgan fingerprint density at radius 3 is 2.31 bits per heavy atom. The van der Waals surface area contributed by atoms with E-state index in [2.05, 4.69) is 10.1 Å². The average Bonchev–Trinajstić information content (AvgIpc) is 2.75. The van der Waals surface area contributed by atoms with E-state index in [1.807, 2.05) is 13.8 Å². The van der Waals surface area contributed by atoms with Crippen molar-refractivity contribution < 1.29 is 28.5 Å². The van der Waals surface area contributed by atoms with Gasteiger partial charge >= 0.3 is 5.97 Å². The first kappa shape index (κ1) is 22.1. The van der Waals surface area contributed by atoms with Crippen LogP contribution in [0.1, 0.15) is 37.0 Å². The van der Waals surface area contributed by atoms with Crippen molar-refractivity contribution in [1.82, 2.24) is 0 Å². The van der Waals surface area contributed by atoms with Crippen LogP contribution in [0.5, 0.6) is 17.2 Å². The van der Waals surface area contributed by atoms with Crippen LogP contribution in [-0.2, 0) is 9.53 Å². The number of hydrogen-bond donors (Lipinski definition) is 1. The molecule has 156 valence electrons. The molecule has 0 saturated heterocycles. The molecule has 0 bridgehead atoms. The third-order valence-electron chi connectivity index (χ3n) is 3.81.